The molecular formula is C10H7ClFNOS2. The normalized spacial score (nSPS) is 10.4. The Morgan fingerprint density at radius 3 is 2.81 bits per heavy atom. The SMILES string of the molecule is O=c1ssc(NCc2cccc(F)c2)c1Cl. The molecule has 0 fully saturated rings. The average Bonchev–Trinajstić information content (AvgIpc) is 2.57. The summed E-state index contributed by atoms with van der Waals surface area (Å²) in [4.78, 5) is 11.1. The van der Waals surface area contributed by atoms with Crippen LogP contribution < -0.4 is 10.1 Å². The monoisotopic (exact) mass is 275 g/mol. The topological polar surface area (TPSA) is 29.1 Å². The van der Waals surface area contributed by atoms with Crippen molar-refractivity contribution in [2.75, 3.05) is 5.32 Å². The van der Waals surface area contributed by atoms with Gasteiger partial charge in [0.15, 0.2) is 0 Å². The minimum Gasteiger partial charge on any atom is -0.371 e. The molecular weight excluding hydrogens is 269 g/mol. The molecule has 2 nitrogen and oxygen atoms in total. The largest absolute Gasteiger partial charge is 0.371 e. The molecule has 1 heterocycles. The first-order chi connectivity index (χ1) is 7.66. The van der Waals surface area contributed by atoms with Crippen LogP contribution in [0.25, 0.3) is 0 Å². The Bertz CT molecular complexity index is 552. The highest BCUT2D eigenvalue weighted by molar-refractivity contribution is 7.70. The Labute approximate surface area is 104 Å². The fourth-order valence-corrected chi connectivity index (χ4v) is 3.60. The standard InChI is InChI=1S/C10H7ClFNOS2/c11-8-9(15-16-10(8)14)13-5-6-2-1-3-7(12)4-6/h1-4,13H,5H2. The van der Waals surface area contributed by atoms with Gasteiger partial charge in [0, 0.05) is 6.54 Å². The van der Waals surface area contributed by atoms with Crippen LogP contribution in [0.4, 0.5) is 9.39 Å². The van der Waals surface area contributed by atoms with Crippen LogP contribution in [0.15, 0.2) is 29.1 Å². The Kier molecular flexibility index (Phi) is 3.58. The molecule has 2 rings (SSSR count). The van der Waals surface area contributed by atoms with Gasteiger partial charge in [-0.25, -0.2) is 4.39 Å². The van der Waals surface area contributed by atoms with Crippen molar-refractivity contribution in [2.24, 2.45) is 0 Å². The predicted molar refractivity (Wildman–Crippen MR) is 67.2 cm³/mol. The van der Waals surface area contributed by atoms with E-state index in [9.17, 15) is 9.18 Å². The summed E-state index contributed by atoms with van der Waals surface area (Å²) >= 11 is 5.78. The molecule has 0 aliphatic rings. The molecule has 0 aliphatic carbocycles. The molecule has 0 saturated heterocycles. The average molecular weight is 276 g/mol. The van der Waals surface area contributed by atoms with E-state index in [0.29, 0.717) is 11.5 Å². The summed E-state index contributed by atoms with van der Waals surface area (Å²) in [6.45, 7) is 0.449. The van der Waals surface area contributed by atoms with Crippen molar-refractivity contribution in [2.45, 2.75) is 6.54 Å². The van der Waals surface area contributed by atoms with Crippen LogP contribution in [0.1, 0.15) is 5.56 Å². The van der Waals surface area contributed by atoms with Gasteiger partial charge in [-0.1, -0.05) is 34.1 Å². The first-order valence-electron chi connectivity index (χ1n) is 4.44. The molecule has 0 unspecified atom stereocenters. The van der Waals surface area contributed by atoms with Gasteiger partial charge < -0.3 is 5.32 Å². The van der Waals surface area contributed by atoms with Crippen molar-refractivity contribution in [1.82, 2.24) is 0 Å². The molecule has 1 N–H and O–H groups in total. The molecule has 0 spiro atoms. The molecule has 0 atom stereocenters. The lowest BCUT2D eigenvalue weighted by atomic mass is 10.2. The van der Waals surface area contributed by atoms with Gasteiger partial charge in [0.2, 0.25) is 0 Å². The van der Waals surface area contributed by atoms with E-state index in [1.165, 1.54) is 22.5 Å². The second kappa shape index (κ2) is 4.95. The van der Waals surface area contributed by atoms with Crippen molar-refractivity contribution in [3.8, 4) is 0 Å². The molecule has 0 aliphatic heterocycles. The fraction of sp³-hybridized carbons (Fsp3) is 0.100. The van der Waals surface area contributed by atoms with Gasteiger partial charge in [-0.2, -0.15) is 0 Å². The lowest BCUT2D eigenvalue weighted by Crippen LogP contribution is -2.00. The lowest BCUT2D eigenvalue weighted by molar-refractivity contribution is 0.626. The van der Waals surface area contributed by atoms with Gasteiger partial charge in [-0.05, 0) is 28.0 Å². The predicted octanol–water partition coefficient (Wildman–Crippen LogP) is 3.57. The van der Waals surface area contributed by atoms with Crippen LogP contribution in [0.3, 0.4) is 0 Å². The summed E-state index contributed by atoms with van der Waals surface area (Å²) in [5.41, 5.74) is 0.807. The maximum atomic E-state index is 12.9. The maximum Gasteiger partial charge on any atom is 0.263 e. The third-order valence-corrected chi connectivity index (χ3v) is 4.66. The molecule has 0 radical (unpaired) electrons. The van der Waals surface area contributed by atoms with Crippen LogP contribution in [0, 0.1) is 5.82 Å². The van der Waals surface area contributed by atoms with Gasteiger partial charge in [-0.15, -0.1) is 0 Å². The van der Waals surface area contributed by atoms with Crippen LogP contribution >= 0.6 is 32.3 Å². The van der Waals surface area contributed by atoms with E-state index >= 15 is 0 Å². The maximum absolute atomic E-state index is 12.9. The highest BCUT2D eigenvalue weighted by Crippen LogP contribution is 2.27. The van der Waals surface area contributed by atoms with Crippen LogP contribution in [-0.4, -0.2) is 0 Å². The summed E-state index contributed by atoms with van der Waals surface area (Å²) in [6.07, 6.45) is 0. The van der Waals surface area contributed by atoms with E-state index in [4.69, 9.17) is 11.6 Å². The molecule has 0 amide bonds. The first-order valence-corrected chi connectivity index (χ1v) is 6.96. The number of hydrogen-bond acceptors (Lipinski definition) is 4. The van der Waals surface area contributed by atoms with Gasteiger partial charge in [0.05, 0.1) is 0 Å². The first kappa shape index (κ1) is 11.6. The number of halogens is 2. The summed E-state index contributed by atoms with van der Waals surface area (Å²) in [5.74, 6) is -0.274. The zero-order valence-corrected chi connectivity index (χ0v) is 10.4. The number of rotatable bonds is 3. The smallest absolute Gasteiger partial charge is 0.263 e. The highest BCUT2D eigenvalue weighted by atomic mass is 35.5. The van der Waals surface area contributed by atoms with Crippen molar-refractivity contribution >= 4 is 37.3 Å². The summed E-state index contributed by atoms with van der Waals surface area (Å²) < 4.78 is 12.7. The molecule has 1 aromatic carbocycles. The van der Waals surface area contributed by atoms with E-state index in [1.54, 1.807) is 12.1 Å². The van der Waals surface area contributed by atoms with Gasteiger partial charge in [0.25, 0.3) is 4.74 Å². The Morgan fingerprint density at radius 2 is 2.19 bits per heavy atom. The highest BCUT2D eigenvalue weighted by Gasteiger charge is 2.07. The fourth-order valence-electron chi connectivity index (χ4n) is 1.18. The minimum absolute atomic E-state index is 0.145. The summed E-state index contributed by atoms with van der Waals surface area (Å²) in [7, 11) is 2.38. The second-order valence-corrected chi connectivity index (χ2v) is 5.57. The third-order valence-electron chi connectivity index (χ3n) is 1.92. The van der Waals surface area contributed by atoms with Gasteiger partial charge >= 0.3 is 0 Å². The van der Waals surface area contributed by atoms with Gasteiger partial charge in [0.1, 0.15) is 15.8 Å². The molecule has 1 aromatic heterocycles. The van der Waals surface area contributed by atoms with E-state index < -0.39 is 0 Å². The third kappa shape index (κ3) is 2.61. The Balaban J connectivity index is 2.08. The zero-order valence-electron chi connectivity index (χ0n) is 8.00. The molecule has 84 valence electrons. The van der Waals surface area contributed by atoms with Crippen LogP contribution in [-0.2, 0) is 6.54 Å². The molecule has 6 heteroatoms. The Hall–Kier alpha value is -0.910. The number of hydrogen-bond donors (Lipinski definition) is 1. The zero-order chi connectivity index (χ0) is 11.5. The van der Waals surface area contributed by atoms with E-state index in [-0.39, 0.29) is 15.6 Å². The van der Waals surface area contributed by atoms with Crippen molar-refractivity contribution in [3.63, 3.8) is 0 Å². The lowest BCUT2D eigenvalue weighted by Gasteiger charge is -2.03. The van der Waals surface area contributed by atoms with Gasteiger partial charge in [-0.3, -0.25) is 4.79 Å². The number of anilines is 1. The van der Waals surface area contributed by atoms with Crippen molar-refractivity contribution < 1.29 is 4.39 Å². The second-order valence-electron chi connectivity index (χ2n) is 3.08. The molecule has 16 heavy (non-hydrogen) atoms. The minimum atomic E-state index is -0.274. The van der Waals surface area contributed by atoms with E-state index in [2.05, 4.69) is 5.32 Å². The molecule has 2 aromatic rings. The van der Waals surface area contributed by atoms with Crippen molar-refractivity contribution in [1.29, 1.82) is 0 Å². The van der Waals surface area contributed by atoms with Crippen LogP contribution in [0.5, 0.6) is 0 Å². The van der Waals surface area contributed by atoms with E-state index in [0.717, 1.165) is 15.9 Å². The molecule has 0 bridgehead atoms. The quantitative estimate of drug-likeness (QED) is 0.868. The Morgan fingerprint density at radius 1 is 1.38 bits per heavy atom. The number of benzene rings is 1. The van der Waals surface area contributed by atoms with E-state index in [1.807, 2.05) is 0 Å². The summed E-state index contributed by atoms with van der Waals surface area (Å²) in [5, 5.41) is 3.86. The number of nitrogens with one attached hydrogen (secondary N) is 1. The molecule has 0 saturated carbocycles. The summed E-state index contributed by atoms with van der Waals surface area (Å²) in [6, 6.07) is 6.28. The van der Waals surface area contributed by atoms with Crippen molar-refractivity contribution in [3.05, 3.63) is 50.2 Å². The van der Waals surface area contributed by atoms with Crippen LogP contribution in [0.2, 0.25) is 5.02 Å².